The third-order valence-electron chi connectivity index (χ3n) is 6.75. The van der Waals surface area contributed by atoms with Gasteiger partial charge in [0.2, 0.25) is 11.8 Å². The summed E-state index contributed by atoms with van der Waals surface area (Å²) in [6.07, 6.45) is 8.08. The van der Waals surface area contributed by atoms with Crippen LogP contribution in [-0.4, -0.2) is 58.4 Å². The van der Waals surface area contributed by atoms with Gasteiger partial charge in [-0.05, 0) is 64.0 Å². The van der Waals surface area contributed by atoms with Crippen LogP contribution in [0.2, 0.25) is 0 Å². The molecule has 0 spiro atoms. The van der Waals surface area contributed by atoms with Crippen molar-refractivity contribution in [1.29, 1.82) is 5.26 Å². The molecule has 0 radical (unpaired) electrons. The Morgan fingerprint density at radius 3 is 2.54 bits per heavy atom. The first kappa shape index (κ1) is 26.6. The van der Waals surface area contributed by atoms with Gasteiger partial charge in [0.1, 0.15) is 22.9 Å². The summed E-state index contributed by atoms with van der Waals surface area (Å²) < 4.78 is 5.29. The van der Waals surface area contributed by atoms with Crippen molar-refractivity contribution in [3.63, 3.8) is 0 Å². The molecule has 0 bridgehead atoms. The van der Waals surface area contributed by atoms with Gasteiger partial charge < -0.3 is 15.0 Å². The summed E-state index contributed by atoms with van der Waals surface area (Å²) in [5.41, 5.74) is -0.349. The predicted octanol–water partition coefficient (Wildman–Crippen LogP) is 2.44. The van der Waals surface area contributed by atoms with Crippen LogP contribution in [0.5, 0.6) is 0 Å². The Kier molecular flexibility index (Phi) is 8.84. The van der Waals surface area contributed by atoms with Crippen LogP contribution >= 0.6 is 0 Å². The van der Waals surface area contributed by atoms with E-state index in [2.05, 4.69) is 15.6 Å². The zero-order valence-electron chi connectivity index (χ0n) is 21.1. The number of esters is 1. The molecule has 0 unspecified atom stereocenters. The Balaban J connectivity index is 1.70. The lowest BCUT2D eigenvalue weighted by Gasteiger charge is -2.44. The minimum Gasteiger partial charge on any atom is -0.459 e. The highest BCUT2D eigenvalue weighted by Gasteiger charge is 2.54. The number of pyridine rings is 1. The van der Waals surface area contributed by atoms with Gasteiger partial charge in [0.25, 0.3) is 0 Å². The smallest absolute Gasteiger partial charge is 0.320 e. The van der Waals surface area contributed by atoms with Gasteiger partial charge in [0.15, 0.2) is 0 Å². The lowest BCUT2D eigenvalue weighted by molar-refractivity contribution is -0.154. The van der Waals surface area contributed by atoms with Crippen LogP contribution in [0.25, 0.3) is 0 Å². The minimum absolute atomic E-state index is 0.0272. The van der Waals surface area contributed by atoms with Gasteiger partial charge in [-0.2, -0.15) is 5.26 Å². The molecule has 2 N–H and O–H groups in total. The van der Waals surface area contributed by atoms with Crippen LogP contribution < -0.4 is 10.6 Å². The molecule has 2 aliphatic rings. The molecule has 0 aromatic carbocycles. The van der Waals surface area contributed by atoms with Gasteiger partial charge in [0.05, 0.1) is 13.1 Å². The second-order valence-corrected chi connectivity index (χ2v) is 10.4. The van der Waals surface area contributed by atoms with Crippen LogP contribution in [0.3, 0.4) is 0 Å². The highest BCUT2D eigenvalue weighted by molar-refractivity contribution is 5.93. The molecule has 1 aromatic heterocycles. The first-order valence-corrected chi connectivity index (χ1v) is 12.5. The Bertz CT molecular complexity index is 944. The number of likely N-dealkylation sites (tertiary alicyclic amines) is 1. The Labute approximate surface area is 207 Å². The maximum Gasteiger partial charge on any atom is 0.320 e. The van der Waals surface area contributed by atoms with Crippen molar-refractivity contribution < 1.29 is 19.1 Å². The summed E-state index contributed by atoms with van der Waals surface area (Å²) >= 11 is 0. The molecule has 1 aromatic rings. The maximum absolute atomic E-state index is 13.7. The number of carbonyl (C=O) groups is 3. The van der Waals surface area contributed by atoms with E-state index < -0.39 is 17.1 Å². The quantitative estimate of drug-likeness (QED) is 0.544. The van der Waals surface area contributed by atoms with Crippen LogP contribution in [0, 0.1) is 17.2 Å². The summed E-state index contributed by atoms with van der Waals surface area (Å²) in [4.78, 5) is 44.9. The van der Waals surface area contributed by atoms with Gasteiger partial charge >= 0.3 is 5.97 Å². The average molecular weight is 484 g/mol. The molecule has 35 heavy (non-hydrogen) atoms. The van der Waals surface area contributed by atoms with E-state index >= 15 is 0 Å². The molecule has 9 heteroatoms. The fourth-order valence-electron chi connectivity index (χ4n) is 5.29. The highest BCUT2D eigenvalue weighted by Crippen LogP contribution is 2.43. The van der Waals surface area contributed by atoms with Gasteiger partial charge in [-0.15, -0.1) is 0 Å². The van der Waals surface area contributed by atoms with Crippen LogP contribution in [-0.2, 0) is 25.7 Å². The molecule has 2 fully saturated rings. The molecule has 1 aliphatic heterocycles. The molecule has 1 saturated heterocycles. The summed E-state index contributed by atoms with van der Waals surface area (Å²) in [5.74, 6) is -0.620. The summed E-state index contributed by atoms with van der Waals surface area (Å²) in [7, 11) is 0. The van der Waals surface area contributed by atoms with Gasteiger partial charge in [-0.3, -0.25) is 19.7 Å². The minimum atomic E-state index is -0.884. The first-order chi connectivity index (χ1) is 16.7. The average Bonchev–Trinajstić information content (AvgIpc) is 3.28. The van der Waals surface area contributed by atoms with E-state index in [0.29, 0.717) is 18.7 Å². The second-order valence-electron chi connectivity index (χ2n) is 10.4. The van der Waals surface area contributed by atoms with Crippen LogP contribution in [0.15, 0.2) is 18.3 Å². The number of ether oxygens (including phenoxy) is 1. The van der Waals surface area contributed by atoms with E-state index in [9.17, 15) is 14.4 Å². The van der Waals surface area contributed by atoms with Crippen molar-refractivity contribution in [2.75, 3.05) is 19.6 Å². The van der Waals surface area contributed by atoms with Crippen LogP contribution in [0.1, 0.15) is 77.0 Å². The normalized spacial score (nSPS) is 20.8. The molecule has 190 valence electrons. The SMILES string of the molecule is CC(C)(C)OC(=O)CNCC(=O)N1CCC[C@]1(C(=O)NCc1ccc(C#N)nc1)C1CCCCC1. The van der Waals surface area contributed by atoms with Gasteiger partial charge in [-0.25, -0.2) is 4.98 Å². The number of nitrogens with one attached hydrogen (secondary N) is 2. The number of amides is 2. The van der Waals surface area contributed by atoms with E-state index in [1.165, 1.54) is 0 Å². The fourth-order valence-corrected chi connectivity index (χ4v) is 5.29. The number of nitrogens with zero attached hydrogens (tertiary/aromatic N) is 3. The molecule has 1 aliphatic carbocycles. The molecule has 1 saturated carbocycles. The summed E-state index contributed by atoms with van der Waals surface area (Å²) in [6.45, 7) is 6.11. The third kappa shape index (κ3) is 6.79. The zero-order valence-corrected chi connectivity index (χ0v) is 21.1. The maximum atomic E-state index is 13.7. The van der Waals surface area contributed by atoms with E-state index in [0.717, 1.165) is 44.1 Å². The van der Waals surface area contributed by atoms with Crippen molar-refractivity contribution in [2.45, 2.75) is 83.4 Å². The van der Waals surface area contributed by atoms with E-state index in [1.807, 2.05) is 6.07 Å². The largest absolute Gasteiger partial charge is 0.459 e. The monoisotopic (exact) mass is 483 g/mol. The Morgan fingerprint density at radius 1 is 1.17 bits per heavy atom. The lowest BCUT2D eigenvalue weighted by Crippen LogP contribution is -2.62. The summed E-state index contributed by atoms with van der Waals surface area (Å²) in [6, 6.07) is 5.39. The fraction of sp³-hybridized carbons (Fsp3) is 0.654. The van der Waals surface area contributed by atoms with Crippen molar-refractivity contribution in [1.82, 2.24) is 20.5 Å². The van der Waals surface area contributed by atoms with E-state index in [1.54, 1.807) is 44.0 Å². The van der Waals surface area contributed by atoms with Crippen molar-refractivity contribution in [3.8, 4) is 6.07 Å². The number of hydrogen-bond donors (Lipinski definition) is 2. The zero-order chi connectivity index (χ0) is 25.5. The molecule has 9 nitrogen and oxygen atoms in total. The first-order valence-electron chi connectivity index (χ1n) is 12.5. The Hall–Kier alpha value is -2.99. The third-order valence-corrected chi connectivity index (χ3v) is 6.75. The standard InChI is InChI=1S/C26H37N5O4/c1-25(2,3)35-23(33)18-28-17-22(32)31-13-7-12-26(31,20-8-5-4-6-9-20)24(34)30-16-19-10-11-21(14-27)29-15-19/h10-11,15,20,28H,4-9,12-13,16-18H2,1-3H3,(H,30,34)/t26-/m1/s1. The second kappa shape index (κ2) is 11.6. The predicted molar refractivity (Wildman–Crippen MR) is 130 cm³/mol. The number of carbonyl (C=O) groups excluding carboxylic acids is 3. The summed E-state index contributed by atoms with van der Waals surface area (Å²) in [5, 5.41) is 14.9. The van der Waals surface area contributed by atoms with Gasteiger partial charge in [-0.1, -0.05) is 25.3 Å². The van der Waals surface area contributed by atoms with Crippen molar-refractivity contribution in [2.24, 2.45) is 5.92 Å². The van der Waals surface area contributed by atoms with Crippen molar-refractivity contribution >= 4 is 17.8 Å². The van der Waals surface area contributed by atoms with Crippen LogP contribution in [0.4, 0.5) is 0 Å². The Morgan fingerprint density at radius 2 is 1.91 bits per heavy atom. The number of hydrogen-bond acceptors (Lipinski definition) is 7. The van der Waals surface area contributed by atoms with E-state index in [4.69, 9.17) is 10.00 Å². The van der Waals surface area contributed by atoms with E-state index in [-0.39, 0.29) is 37.4 Å². The van der Waals surface area contributed by atoms with Gasteiger partial charge in [0, 0.05) is 19.3 Å². The molecule has 2 amide bonds. The molecule has 2 heterocycles. The number of rotatable bonds is 8. The highest BCUT2D eigenvalue weighted by atomic mass is 16.6. The lowest BCUT2D eigenvalue weighted by atomic mass is 9.72. The molecular formula is C26H37N5O4. The van der Waals surface area contributed by atoms with Crippen molar-refractivity contribution in [3.05, 3.63) is 29.6 Å². The number of nitriles is 1. The topological polar surface area (TPSA) is 124 Å². The molecular weight excluding hydrogens is 446 g/mol. The molecule has 1 atom stereocenters. The molecule has 3 rings (SSSR count). The number of aromatic nitrogens is 1.